The fourth-order valence-corrected chi connectivity index (χ4v) is 1.61. The normalized spacial score (nSPS) is 12.1. The minimum Gasteiger partial charge on any atom is -0.497 e. The van der Waals surface area contributed by atoms with E-state index >= 15 is 0 Å². The zero-order chi connectivity index (χ0) is 14.4. The molecule has 1 rings (SSSR count). The number of anilines is 1. The minimum atomic E-state index is -0.330. The number of ether oxygens (including phenoxy) is 1. The third kappa shape index (κ3) is 4.44. The van der Waals surface area contributed by atoms with Crippen molar-refractivity contribution in [2.24, 2.45) is 5.92 Å². The summed E-state index contributed by atoms with van der Waals surface area (Å²) in [6, 6.07) is 4.89. The quantitative estimate of drug-likeness (QED) is 0.764. The number of carbonyl (C=O) groups is 1. The van der Waals surface area contributed by atoms with E-state index in [2.05, 4.69) is 10.6 Å². The molecule has 0 aliphatic carbocycles. The average molecular weight is 266 g/mol. The summed E-state index contributed by atoms with van der Waals surface area (Å²) in [5, 5.41) is 14.7. The molecular formula is C14H22N2O3. The van der Waals surface area contributed by atoms with Gasteiger partial charge < -0.3 is 20.5 Å². The number of hydrogen-bond donors (Lipinski definition) is 3. The van der Waals surface area contributed by atoms with E-state index in [1.807, 2.05) is 32.9 Å². The summed E-state index contributed by atoms with van der Waals surface area (Å²) in [4.78, 5) is 11.9. The van der Waals surface area contributed by atoms with E-state index in [9.17, 15) is 9.90 Å². The molecule has 0 radical (unpaired) electrons. The van der Waals surface area contributed by atoms with Crippen LogP contribution in [0.2, 0.25) is 0 Å². The summed E-state index contributed by atoms with van der Waals surface area (Å²) in [5.41, 5.74) is 1.64. The monoisotopic (exact) mass is 266 g/mol. The summed E-state index contributed by atoms with van der Waals surface area (Å²) >= 11 is 0. The van der Waals surface area contributed by atoms with Gasteiger partial charge >= 0.3 is 6.03 Å². The van der Waals surface area contributed by atoms with Crippen LogP contribution in [0.1, 0.15) is 19.4 Å². The lowest BCUT2D eigenvalue weighted by atomic mass is 10.1. The second-order valence-corrected chi connectivity index (χ2v) is 4.81. The van der Waals surface area contributed by atoms with E-state index in [1.165, 1.54) is 0 Å². The second-order valence-electron chi connectivity index (χ2n) is 4.81. The predicted octanol–water partition coefficient (Wildman–Crippen LogP) is 2.14. The summed E-state index contributed by atoms with van der Waals surface area (Å²) in [5.74, 6) is 0.852. The maximum Gasteiger partial charge on any atom is 0.319 e. The van der Waals surface area contributed by atoms with Crippen molar-refractivity contribution in [3.8, 4) is 5.75 Å². The van der Waals surface area contributed by atoms with Gasteiger partial charge in [0.2, 0.25) is 0 Å². The van der Waals surface area contributed by atoms with Gasteiger partial charge in [0.25, 0.3) is 0 Å². The molecule has 1 aromatic carbocycles. The number of carbonyl (C=O) groups excluding carboxylic acids is 1. The number of aryl methyl sites for hydroxylation is 1. The molecule has 0 saturated carbocycles. The van der Waals surface area contributed by atoms with Crippen LogP contribution in [-0.2, 0) is 0 Å². The zero-order valence-electron chi connectivity index (χ0n) is 11.9. The van der Waals surface area contributed by atoms with Crippen LogP contribution in [0.5, 0.6) is 5.75 Å². The van der Waals surface area contributed by atoms with Crippen LogP contribution in [0.15, 0.2) is 18.2 Å². The molecule has 0 aliphatic heterocycles. The van der Waals surface area contributed by atoms with Gasteiger partial charge in [0.05, 0.1) is 19.8 Å². The second kappa shape index (κ2) is 6.99. The third-order valence-electron chi connectivity index (χ3n) is 3.01. The smallest absolute Gasteiger partial charge is 0.319 e. The summed E-state index contributed by atoms with van der Waals surface area (Å²) in [6.07, 6.45) is 0. The molecule has 0 unspecified atom stereocenters. The maximum absolute atomic E-state index is 11.9. The Labute approximate surface area is 114 Å². The van der Waals surface area contributed by atoms with Gasteiger partial charge in [-0.3, -0.25) is 0 Å². The topological polar surface area (TPSA) is 70.6 Å². The van der Waals surface area contributed by atoms with Gasteiger partial charge in [-0.1, -0.05) is 19.9 Å². The third-order valence-corrected chi connectivity index (χ3v) is 3.01. The molecule has 1 aromatic rings. The Hall–Kier alpha value is -1.75. The highest BCUT2D eigenvalue weighted by Crippen LogP contribution is 2.21. The number of nitrogens with one attached hydrogen (secondary N) is 2. The van der Waals surface area contributed by atoms with Crippen molar-refractivity contribution in [2.75, 3.05) is 19.0 Å². The highest BCUT2D eigenvalue weighted by molar-refractivity contribution is 5.90. The molecular weight excluding hydrogens is 244 g/mol. The van der Waals surface area contributed by atoms with E-state index in [-0.39, 0.29) is 24.6 Å². The van der Waals surface area contributed by atoms with Crippen LogP contribution in [0.25, 0.3) is 0 Å². The largest absolute Gasteiger partial charge is 0.497 e. The number of urea groups is 1. The van der Waals surface area contributed by atoms with Gasteiger partial charge in [-0.25, -0.2) is 4.79 Å². The maximum atomic E-state index is 11.9. The van der Waals surface area contributed by atoms with Gasteiger partial charge in [0.15, 0.2) is 0 Å². The first kappa shape index (κ1) is 15.3. The lowest BCUT2D eigenvalue weighted by molar-refractivity contribution is 0.204. The lowest BCUT2D eigenvalue weighted by Gasteiger charge is -2.20. The van der Waals surface area contributed by atoms with Crippen molar-refractivity contribution in [3.05, 3.63) is 23.8 Å². The zero-order valence-corrected chi connectivity index (χ0v) is 11.9. The van der Waals surface area contributed by atoms with Crippen molar-refractivity contribution < 1.29 is 14.6 Å². The number of benzene rings is 1. The van der Waals surface area contributed by atoms with Crippen molar-refractivity contribution in [1.29, 1.82) is 0 Å². The molecule has 3 N–H and O–H groups in total. The van der Waals surface area contributed by atoms with Gasteiger partial charge in [0, 0.05) is 11.8 Å². The molecule has 1 atom stereocenters. The number of aliphatic hydroxyl groups excluding tert-OH is 1. The molecule has 0 aliphatic rings. The Morgan fingerprint density at radius 3 is 2.63 bits per heavy atom. The van der Waals surface area contributed by atoms with E-state index in [4.69, 9.17) is 4.74 Å². The Kier molecular flexibility index (Phi) is 5.63. The molecule has 5 heteroatoms. The fourth-order valence-electron chi connectivity index (χ4n) is 1.61. The average Bonchev–Trinajstić information content (AvgIpc) is 2.38. The molecule has 0 bridgehead atoms. The molecule has 106 valence electrons. The highest BCUT2D eigenvalue weighted by Gasteiger charge is 2.15. The summed E-state index contributed by atoms with van der Waals surface area (Å²) < 4.78 is 5.12. The van der Waals surface area contributed by atoms with Crippen molar-refractivity contribution in [1.82, 2.24) is 5.32 Å². The Balaban J connectivity index is 2.71. The Morgan fingerprint density at radius 1 is 1.42 bits per heavy atom. The first-order valence-electron chi connectivity index (χ1n) is 6.31. The number of rotatable bonds is 5. The van der Waals surface area contributed by atoms with Gasteiger partial charge in [0.1, 0.15) is 5.75 Å². The molecule has 0 aromatic heterocycles. The van der Waals surface area contributed by atoms with Gasteiger partial charge in [-0.2, -0.15) is 0 Å². The molecule has 5 nitrogen and oxygen atoms in total. The SMILES string of the molecule is COc1ccc(C)c(NC(=O)N[C@H](CO)C(C)C)c1. The fraction of sp³-hybridized carbons (Fsp3) is 0.500. The number of aliphatic hydroxyl groups is 1. The molecule has 0 spiro atoms. The van der Waals surface area contributed by atoms with Crippen LogP contribution in [0.3, 0.4) is 0 Å². The van der Waals surface area contributed by atoms with E-state index in [1.54, 1.807) is 13.2 Å². The standard InChI is InChI=1S/C14H22N2O3/c1-9(2)13(8-17)16-14(18)15-12-7-11(19-4)6-5-10(12)3/h5-7,9,13,17H,8H2,1-4H3,(H2,15,16,18)/t13-/m1/s1. The number of amides is 2. The van der Waals surface area contributed by atoms with E-state index in [0.29, 0.717) is 11.4 Å². The highest BCUT2D eigenvalue weighted by atomic mass is 16.5. The van der Waals surface area contributed by atoms with Crippen molar-refractivity contribution in [2.45, 2.75) is 26.8 Å². The van der Waals surface area contributed by atoms with Gasteiger partial charge in [-0.15, -0.1) is 0 Å². The van der Waals surface area contributed by atoms with E-state index < -0.39 is 0 Å². The Morgan fingerprint density at radius 2 is 2.11 bits per heavy atom. The molecule has 2 amide bonds. The summed E-state index contributed by atoms with van der Waals surface area (Å²) in [7, 11) is 1.58. The molecule has 0 saturated heterocycles. The molecule has 0 fully saturated rings. The van der Waals surface area contributed by atoms with Crippen LogP contribution in [0, 0.1) is 12.8 Å². The van der Waals surface area contributed by atoms with Gasteiger partial charge in [-0.05, 0) is 24.5 Å². The van der Waals surface area contributed by atoms with Crippen molar-refractivity contribution in [3.63, 3.8) is 0 Å². The number of hydrogen-bond acceptors (Lipinski definition) is 3. The van der Waals surface area contributed by atoms with Crippen LogP contribution in [-0.4, -0.2) is 30.9 Å². The number of methoxy groups -OCH3 is 1. The van der Waals surface area contributed by atoms with Crippen LogP contribution >= 0.6 is 0 Å². The first-order valence-corrected chi connectivity index (χ1v) is 6.31. The van der Waals surface area contributed by atoms with Crippen LogP contribution in [0.4, 0.5) is 10.5 Å². The molecule has 19 heavy (non-hydrogen) atoms. The lowest BCUT2D eigenvalue weighted by Crippen LogP contribution is -2.43. The first-order chi connectivity index (χ1) is 8.97. The Bertz CT molecular complexity index is 433. The minimum absolute atomic E-state index is 0.0812. The van der Waals surface area contributed by atoms with Crippen molar-refractivity contribution >= 4 is 11.7 Å². The summed E-state index contributed by atoms with van der Waals surface area (Å²) in [6.45, 7) is 5.71. The predicted molar refractivity (Wildman–Crippen MR) is 75.6 cm³/mol. The molecule has 0 heterocycles. The van der Waals surface area contributed by atoms with E-state index in [0.717, 1.165) is 5.56 Å². The van der Waals surface area contributed by atoms with Crippen LogP contribution < -0.4 is 15.4 Å².